The van der Waals surface area contributed by atoms with Crippen LogP contribution in [0.3, 0.4) is 0 Å². The molecule has 0 saturated heterocycles. The largest absolute Gasteiger partial charge is 0.507 e. The van der Waals surface area contributed by atoms with Crippen LogP contribution >= 0.6 is 0 Å². The van der Waals surface area contributed by atoms with Crippen LogP contribution in [0.15, 0.2) is 60.7 Å². The lowest BCUT2D eigenvalue weighted by Gasteiger charge is -2.35. The van der Waals surface area contributed by atoms with Gasteiger partial charge >= 0.3 is 6.09 Å². The average molecular weight is 796 g/mol. The molecular formula is C41H57N5O11. The summed E-state index contributed by atoms with van der Waals surface area (Å²) in [6, 6.07) is 12.0. The van der Waals surface area contributed by atoms with Gasteiger partial charge in [-0.25, -0.2) is 4.79 Å². The highest BCUT2D eigenvalue weighted by atomic mass is 16.5. The molecule has 312 valence electrons. The number of aromatic hydroxyl groups is 1. The van der Waals surface area contributed by atoms with E-state index in [-0.39, 0.29) is 25.3 Å². The molecule has 0 radical (unpaired) electrons. The van der Waals surface area contributed by atoms with Crippen molar-refractivity contribution in [1.82, 2.24) is 26.6 Å². The number of benzene rings is 3. The molecule has 4 amide bonds. The number of carboxylic acid groups (broad SMARTS) is 1. The number of phenols is 1. The number of phenolic OH excluding ortho intramolecular Hbond substituents is 1. The summed E-state index contributed by atoms with van der Waals surface area (Å²) in [5.74, 6) is -1.06. The highest BCUT2D eigenvalue weighted by molar-refractivity contribution is 5.91. The first-order valence-corrected chi connectivity index (χ1v) is 18.4. The van der Waals surface area contributed by atoms with Crippen LogP contribution in [0.25, 0.3) is 0 Å². The van der Waals surface area contributed by atoms with E-state index in [1.165, 1.54) is 34.5 Å². The number of rotatable bonds is 20. The van der Waals surface area contributed by atoms with Gasteiger partial charge in [-0.3, -0.25) is 19.7 Å². The van der Waals surface area contributed by atoms with Crippen molar-refractivity contribution in [2.45, 2.75) is 84.4 Å². The first-order chi connectivity index (χ1) is 26.9. The van der Waals surface area contributed by atoms with E-state index in [1.54, 1.807) is 83.1 Å². The van der Waals surface area contributed by atoms with Gasteiger partial charge in [0.25, 0.3) is 0 Å². The van der Waals surface area contributed by atoms with E-state index in [0.29, 0.717) is 39.7 Å². The molecule has 0 aromatic heterocycles. The van der Waals surface area contributed by atoms with Crippen molar-refractivity contribution in [2.24, 2.45) is 11.3 Å². The third-order valence-electron chi connectivity index (χ3n) is 9.30. The van der Waals surface area contributed by atoms with Gasteiger partial charge in [-0.05, 0) is 53.1 Å². The summed E-state index contributed by atoms with van der Waals surface area (Å²) in [5.41, 5.74) is 0.843. The monoisotopic (exact) mass is 795 g/mol. The van der Waals surface area contributed by atoms with Crippen LogP contribution in [-0.2, 0) is 33.9 Å². The van der Waals surface area contributed by atoms with Crippen molar-refractivity contribution in [2.75, 3.05) is 28.4 Å². The molecule has 0 fully saturated rings. The average Bonchev–Trinajstić information content (AvgIpc) is 3.17. The van der Waals surface area contributed by atoms with E-state index < -0.39 is 65.4 Å². The van der Waals surface area contributed by atoms with Gasteiger partial charge in [0.15, 0.2) is 11.5 Å². The molecule has 0 spiro atoms. The van der Waals surface area contributed by atoms with Gasteiger partial charge in [-0.2, -0.15) is 0 Å². The Hall–Kier alpha value is -5.74. The van der Waals surface area contributed by atoms with Gasteiger partial charge in [-0.15, -0.1) is 0 Å². The summed E-state index contributed by atoms with van der Waals surface area (Å²) >= 11 is 0. The summed E-state index contributed by atoms with van der Waals surface area (Å²) in [7, 11) is 5.85. The van der Waals surface area contributed by atoms with Gasteiger partial charge in [0, 0.05) is 24.7 Å². The Morgan fingerprint density at radius 2 is 1.35 bits per heavy atom. The molecule has 0 saturated carbocycles. The molecule has 0 aliphatic carbocycles. The van der Waals surface area contributed by atoms with Crippen LogP contribution < -0.4 is 45.5 Å². The van der Waals surface area contributed by atoms with E-state index in [1.807, 2.05) is 6.07 Å². The van der Waals surface area contributed by atoms with Crippen LogP contribution in [-0.4, -0.2) is 97.8 Å². The molecule has 0 aliphatic rings. The van der Waals surface area contributed by atoms with Crippen molar-refractivity contribution in [3.63, 3.8) is 0 Å². The Morgan fingerprint density at radius 1 is 0.719 bits per heavy atom. The Morgan fingerprint density at radius 3 is 1.86 bits per heavy atom. The quantitative estimate of drug-likeness (QED) is 0.0826. The minimum absolute atomic E-state index is 0.0294. The smallest absolute Gasteiger partial charge is 0.405 e. The molecule has 3 rings (SSSR count). The predicted molar refractivity (Wildman–Crippen MR) is 212 cm³/mol. The Balaban J connectivity index is 2.03. The minimum Gasteiger partial charge on any atom is -0.507 e. The van der Waals surface area contributed by atoms with E-state index in [2.05, 4.69) is 26.6 Å². The number of methoxy groups -OCH3 is 4. The van der Waals surface area contributed by atoms with Gasteiger partial charge in [0.05, 0.1) is 40.6 Å². The zero-order chi connectivity index (χ0) is 42.4. The molecule has 0 unspecified atom stereocenters. The Labute approximate surface area is 333 Å². The number of aliphatic hydroxyl groups is 1. The van der Waals surface area contributed by atoms with E-state index in [0.717, 1.165) is 0 Å². The zero-order valence-corrected chi connectivity index (χ0v) is 34.0. The first-order valence-electron chi connectivity index (χ1n) is 18.4. The topological polar surface area (TPSA) is 226 Å². The van der Waals surface area contributed by atoms with Crippen LogP contribution in [0, 0.1) is 11.3 Å². The second-order valence-corrected chi connectivity index (χ2v) is 14.9. The van der Waals surface area contributed by atoms with E-state index in [4.69, 9.17) is 18.9 Å². The number of amides is 4. The maximum atomic E-state index is 14.4. The predicted octanol–water partition coefficient (Wildman–Crippen LogP) is 3.11. The van der Waals surface area contributed by atoms with Gasteiger partial charge < -0.3 is 55.5 Å². The Kier molecular flexibility index (Phi) is 16.8. The summed E-state index contributed by atoms with van der Waals surface area (Å²) in [5, 5.41) is 45.9. The van der Waals surface area contributed by atoms with E-state index in [9.17, 15) is 34.5 Å². The molecule has 5 atom stereocenters. The van der Waals surface area contributed by atoms with Crippen LogP contribution in [0.2, 0.25) is 0 Å². The lowest BCUT2D eigenvalue weighted by Crippen LogP contribution is -2.63. The number of carbonyl (C=O) groups excluding carboxylic acids is 3. The fraction of sp³-hybridized carbons (Fsp3) is 0.463. The van der Waals surface area contributed by atoms with Gasteiger partial charge in [-0.1, -0.05) is 65.0 Å². The lowest BCUT2D eigenvalue weighted by molar-refractivity contribution is -0.134. The van der Waals surface area contributed by atoms with Crippen molar-refractivity contribution in [3.05, 3.63) is 77.4 Å². The molecule has 0 bridgehead atoms. The summed E-state index contributed by atoms with van der Waals surface area (Å²) < 4.78 is 21.6. The van der Waals surface area contributed by atoms with Crippen LogP contribution in [0.1, 0.15) is 51.3 Å². The molecule has 16 heteroatoms. The molecule has 3 aromatic carbocycles. The fourth-order valence-corrected chi connectivity index (χ4v) is 6.15. The van der Waals surface area contributed by atoms with Crippen molar-refractivity contribution in [3.8, 4) is 28.7 Å². The maximum Gasteiger partial charge on any atom is 0.405 e. The summed E-state index contributed by atoms with van der Waals surface area (Å²) in [6.45, 7) is 8.48. The second kappa shape index (κ2) is 21.0. The summed E-state index contributed by atoms with van der Waals surface area (Å²) in [4.78, 5) is 53.6. The minimum atomic E-state index is -1.64. The number of carbonyl (C=O) groups is 4. The number of nitrogens with one attached hydrogen (secondary N) is 5. The number of hydrogen-bond acceptors (Lipinski definition) is 11. The van der Waals surface area contributed by atoms with Gasteiger partial charge in [0.1, 0.15) is 29.6 Å². The molecule has 16 nitrogen and oxygen atoms in total. The lowest BCUT2D eigenvalue weighted by atomic mass is 9.85. The summed E-state index contributed by atoms with van der Waals surface area (Å²) in [6.07, 6.45) is -3.00. The third kappa shape index (κ3) is 12.9. The molecule has 57 heavy (non-hydrogen) atoms. The number of aliphatic hydroxyl groups excluding tert-OH is 1. The normalized spacial score (nSPS) is 13.9. The maximum absolute atomic E-state index is 14.4. The van der Waals surface area contributed by atoms with Crippen molar-refractivity contribution >= 4 is 23.8 Å². The van der Waals surface area contributed by atoms with Crippen molar-refractivity contribution in [1.29, 1.82) is 0 Å². The zero-order valence-electron chi connectivity index (χ0n) is 34.0. The fourth-order valence-electron chi connectivity index (χ4n) is 6.15. The molecule has 0 heterocycles. The number of hydrogen-bond donors (Lipinski definition) is 8. The second-order valence-electron chi connectivity index (χ2n) is 14.9. The van der Waals surface area contributed by atoms with Crippen LogP contribution in [0.4, 0.5) is 4.79 Å². The highest BCUT2D eigenvalue weighted by Crippen LogP contribution is 2.38. The van der Waals surface area contributed by atoms with Crippen LogP contribution in [0.5, 0.6) is 28.7 Å². The SMILES string of the molecule is COc1ccc(CNC(=O)[C@@H](NC(=O)[C@H](NCc2cc(OC)c(OC)c(OC)c2)[C@H](O)[C@H](Cc2ccccc2)NC(=O)[C@@H](NC(=O)O)C(C)(C)C)C(C)C)c(O)c1. The standard InChI is InChI=1S/C41H57N5O11/c1-23(2)32(37(49)43-22-26-15-16-27(54-6)20-29(26)47)45-38(50)33(42-21-25-18-30(55-7)35(57-9)31(19-25)56-8)34(48)28(17-24-13-11-10-12-14-24)44-39(51)36(41(3,4)5)46-40(52)53/h10-16,18-20,23,28,32-34,36,42,46-48H,17,21-22H2,1-9H3,(H,43,49)(H,44,51)(H,45,50)(H,52,53)/t28-,32-,33+,34+,36+/m0/s1. The third-order valence-corrected chi connectivity index (χ3v) is 9.30. The molecule has 8 N–H and O–H groups in total. The first kappa shape index (κ1) is 45.6. The van der Waals surface area contributed by atoms with Crippen molar-refractivity contribution < 1.29 is 53.4 Å². The Bertz CT molecular complexity index is 1790. The van der Waals surface area contributed by atoms with Gasteiger partial charge in [0.2, 0.25) is 23.5 Å². The molecular weight excluding hydrogens is 738 g/mol. The molecule has 0 aliphatic heterocycles. The highest BCUT2D eigenvalue weighted by Gasteiger charge is 2.39. The van der Waals surface area contributed by atoms with E-state index >= 15 is 0 Å². The number of ether oxygens (including phenoxy) is 4. The molecule has 3 aromatic rings.